The van der Waals surface area contributed by atoms with Gasteiger partial charge in [-0.15, -0.1) is 0 Å². The van der Waals surface area contributed by atoms with Crippen LogP contribution in [0, 0.1) is 22.0 Å². The van der Waals surface area contributed by atoms with Crippen LogP contribution in [0.15, 0.2) is 18.5 Å². The molecule has 0 unspecified atom stereocenters. The molecule has 0 aliphatic carbocycles. The summed E-state index contributed by atoms with van der Waals surface area (Å²) < 4.78 is 0. The number of nitro groups is 1. The minimum Gasteiger partial charge on any atom is -0.340 e. The van der Waals surface area contributed by atoms with Gasteiger partial charge in [0.25, 0.3) is 5.69 Å². The lowest BCUT2D eigenvalue weighted by atomic mass is 10.2. The fraction of sp³-hybridized carbons (Fsp3) is 0.182. The van der Waals surface area contributed by atoms with Crippen molar-refractivity contribution >= 4 is 32.7 Å². The van der Waals surface area contributed by atoms with Gasteiger partial charge in [-0.05, 0) is 6.07 Å². The molecule has 6 heteroatoms. The average molecular weight is 294 g/mol. The summed E-state index contributed by atoms with van der Waals surface area (Å²) in [5.41, 5.74) is 1.21. The van der Waals surface area contributed by atoms with Crippen molar-refractivity contribution in [3.8, 4) is 11.8 Å². The van der Waals surface area contributed by atoms with Gasteiger partial charge in [-0.25, -0.2) is 4.98 Å². The van der Waals surface area contributed by atoms with E-state index in [0.29, 0.717) is 16.6 Å². The van der Waals surface area contributed by atoms with Crippen LogP contribution < -0.4 is 0 Å². The summed E-state index contributed by atoms with van der Waals surface area (Å²) in [5.74, 6) is 5.85. The van der Waals surface area contributed by atoms with Gasteiger partial charge in [0, 0.05) is 23.5 Å². The van der Waals surface area contributed by atoms with Gasteiger partial charge in [-0.1, -0.05) is 27.8 Å². The predicted octanol–water partition coefficient (Wildman–Crippen LogP) is 2.61. The Morgan fingerprint density at radius 2 is 2.41 bits per heavy atom. The van der Waals surface area contributed by atoms with E-state index < -0.39 is 4.92 Å². The first-order valence-electron chi connectivity index (χ1n) is 4.88. The Morgan fingerprint density at radius 3 is 3.12 bits per heavy atom. The average Bonchev–Trinajstić information content (AvgIpc) is 2.72. The highest BCUT2D eigenvalue weighted by atomic mass is 79.9. The van der Waals surface area contributed by atoms with E-state index in [1.165, 1.54) is 6.20 Å². The Morgan fingerprint density at radius 1 is 1.59 bits per heavy atom. The topological polar surface area (TPSA) is 71.8 Å². The van der Waals surface area contributed by atoms with Gasteiger partial charge in [-0.2, -0.15) is 0 Å². The second kappa shape index (κ2) is 4.97. The Balaban J connectivity index is 2.45. The van der Waals surface area contributed by atoms with E-state index in [1.54, 1.807) is 12.3 Å². The van der Waals surface area contributed by atoms with E-state index in [9.17, 15) is 10.1 Å². The molecule has 2 aromatic rings. The van der Waals surface area contributed by atoms with E-state index in [1.807, 2.05) is 0 Å². The summed E-state index contributed by atoms with van der Waals surface area (Å²) in [6.45, 7) is 0. The molecular weight excluding hydrogens is 286 g/mol. The summed E-state index contributed by atoms with van der Waals surface area (Å²) in [6, 6.07) is 1.68. The lowest BCUT2D eigenvalue weighted by molar-refractivity contribution is -0.383. The first-order chi connectivity index (χ1) is 8.22. The highest BCUT2D eigenvalue weighted by molar-refractivity contribution is 9.09. The maximum absolute atomic E-state index is 10.8. The normalized spacial score (nSPS) is 9.94. The minimum atomic E-state index is -0.434. The lowest BCUT2D eigenvalue weighted by Gasteiger charge is -1.91. The van der Waals surface area contributed by atoms with Gasteiger partial charge >= 0.3 is 0 Å². The maximum atomic E-state index is 10.8. The van der Waals surface area contributed by atoms with Crippen LogP contribution in [0.3, 0.4) is 0 Å². The number of hydrogen-bond acceptors (Lipinski definition) is 3. The molecule has 86 valence electrons. The molecule has 0 fully saturated rings. The third-order valence-corrected chi connectivity index (χ3v) is 2.55. The molecule has 17 heavy (non-hydrogen) atoms. The third-order valence-electron chi connectivity index (χ3n) is 2.16. The molecule has 0 atom stereocenters. The van der Waals surface area contributed by atoms with Crippen molar-refractivity contribution < 1.29 is 4.92 Å². The van der Waals surface area contributed by atoms with E-state index in [2.05, 4.69) is 37.7 Å². The standard InChI is InChI=1S/C11H8BrN3O2/c12-4-2-1-3-8-5-9-10(15(16)17)7-14-11(9)13-6-8/h5-7H,2,4H2,(H,13,14). The van der Waals surface area contributed by atoms with Gasteiger partial charge in [0.15, 0.2) is 0 Å². The van der Waals surface area contributed by atoms with Gasteiger partial charge in [0.2, 0.25) is 0 Å². The molecule has 1 N–H and O–H groups in total. The van der Waals surface area contributed by atoms with Crippen molar-refractivity contribution in [3.05, 3.63) is 34.1 Å². The van der Waals surface area contributed by atoms with E-state index >= 15 is 0 Å². The molecule has 2 aromatic heterocycles. The van der Waals surface area contributed by atoms with Crippen molar-refractivity contribution in [3.63, 3.8) is 0 Å². The zero-order valence-corrected chi connectivity index (χ0v) is 10.3. The third kappa shape index (κ3) is 2.45. The molecule has 2 heterocycles. The minimum absolute atomic E-state index is 0.0247. The van der Waals surface area contributed by atoms with E-state index in [4.69, 9.17) is 0 Å². The van der Waals surface area contributed by atoms with Crippen molar-refractivity contribution in [2.24, 2.45) is 0 Å². The molecule has 0 aliphatic rings. The molecule has 2 rings (SSSR count). The Kier molecular flexibility index (Phi) is 3.40. The number of rotatable bonds is 2. The fourth-order valence-electron chi connectivity index (χ4n) is 1.42. The number of nitrogens with one attached hydrogen (secondary N) is 1. The molecule has 5 nitrogen and oxygen atoms in total. The van der Waals surface area contributed by atoms with Crippen LogP contribution in [0.2, 0.25) is 0 Å². The van der Waals surface area contributed by atoms with Crippen molar-refractivity contribution in [1.82, 2.24) is 9.97 Å². The highest BCUT2D eigenvalue weighted by Gasteiger charge is 2.14. The summed E-state index contributed by atoms with van der Waals surface area (Å²) in [6.07, 6.45) is 3.67. The molecular formula is C11H8BrN3O2. The molecule has 0 saturated carbocycles. The van der Waals surface area contributed by atoms with E-state index in [0.717, 1.165) is 11.8 Å². The molecule has 0 aromatic carbocycles. The fourth-order valence-corrected chi connectivity index (χ4v) is 1.62. The van der Waals surface area contributed by atoms with Gasteiger partial charge in [0.1, 0.15) is 5.65 Å². The number of H-pyrrole nitrogens is 1. The summed E-state index contributed by atoms with van der Waals surface area (Å²) in [4.78, 5) is 17.2. The number of nitrogens with zero attached hydrogens (tertiary/aromatic N) is 2. The van der Waals surface area contributed by atoms with Gasteiger partial charge in [0.05, 0.1) is 16.5 Å². The molecule has 0 spiro atoms. The zero-order chi connectivity index (χ0) is 12.3. The molecule has 0 amide bonds. The van der Waals surface area contributed by atoms with Crippen LogP contribution in [0.1, 0.15) is 12.0 Å². The first kappa shape index (κ1) is 11.6. The molecule has 0 aliphatic heterocycles. The number of aromatic nitrogens is 2. The predicted molar refractivity (Wildman–Crippen MR) is 68.0 cm³/mol. The Hall–Kier alpha value is -1.87. The molecule has 0 bridgehead atoms. The van der Waals surface area contributed by atoms with Gasteiger partial charge in [-0.3, -0.25) is 10.1 Å². The summed E-state index contributed by atoms with van der Waals surface area (Å²) in [7, 11) is 0. The molecule has 0 saturated heterocycles. The van der Waals surface area contributed by atoms with Crippen LogP contribution in [0.25, 0.3) is 11.0 Å². The summed E-state index contributed by atoms with van der Waals surface area (Å²) >= 11 is 3.27. The summed E-state index contributed by atoms with van der Waals surface area (Å²) in [5, 5.41) is 12.1. The monoisotopic (exact) mass is 293 g/mol. The van der Waals surface area contributed by atoms with Crippen molar-refractivity contribution in [2.75, 3.05) is 5.33 Å². The van der Waals surface area contributed by atoms with Crippen LogP contribution in [-0.2, 0) is 0 Å². The zero-order valence-electron chi connectivity index (χ0n) is 8.74. The number of pyridine rings is 1. The van der Waals surface area contributed by atoms with Crippen LogP contribution in [0.4, 0.5) is 5.69 Å². The van der Waals surface area contributed by atoms with Crippen molar-refractivity contribution in [2.45, 2.75) is 6.42 Å². The SMILES string of the molecule is O=[N+]([O-])c1c[nH]c2ncc(C#CCCBr)cc12. The number of hydrogen-bond donors (Lipinski definition) is 1. The Bertz CT molecular complexity index is 624. The van der Waals surface area contributed by atoms with E-state index in [-0.39, 0.29) is 5.69 Å². The van der Waals surface area contributed by atoms with Crippen LogP contribution in [0.5, 0.6) is 0 Å². The highest BCUT2D eigenvalue weighted by Crippen LogP contribution is 2.23. The van der Waals surface area contributed by atoms with Crippen LogP contribution in [-0.4, -0.2) is 20.2 Å². The maximum Gasteiger partial charge on any atom is 0.296 e. The number of fused-ring (bicyclic) bond motifs is 1. The van der Waals surface area contributed by atoms with Crippen molar-refractivity contribution in [1.29, 1.82) is 0 Å². The smallest absolute Gasteiger partial charge is 0.296 e. The largest absolute Gasteiger partial charge is 0.340 e. The second-order valence-electron chi connectivity index (χ2n) is 3.29. The van der Waals surface area contributed by atoms with Crippen LogP contribution >= 0.6 is 15.9 Å². The first-order valence-corrected chi connectivity index (χ1v) is 6.01. The quantitative estimate of drug-likeness (QED) is 0.400. The second-order valence-corrected chi connectivity index (χ2v) is 4.08. The number of alkyl halides is 1. The lowest BCUT2D eigenvalue weighted by Crippen LogP contribution is -1.86. The Labute approximate surface area is 106 Å². The number of halogens is 1. The van der Waals surface area contributed by atoms with Gasteiger partial charge < -0.3 is 4.98 Å². The molecule has 0 radical (unpaired) electrons. The number of aromatic amines is 1.